The summed E-state index contributed by atoms with van der Waals surface area (Å²) in [6, 6.07) is 9.07. The van der Waals surface area contributed by atoms with Gasteiger partial charge in [-0.1, -0.05) is 11.3 Å². The van der Waals surface area contributed by atoms with Crippen LogP contribution in [0.1, 0.15) is 10.6 Å². The largest absolute Gasteiger partial charge is 0.497 e. The van der Waals surface area contributed by atoms with E-state index in [1.54, 1.807) is 24.1 Å². The van der Waals surface area contributed by atoms with Crippen LogP contribution < -0.4 is 9.64 Å². The van der Waals surface area contributed by atoms with Crippen LogP contribution >= 0.6 is 23.7 Å². The van der Waals surface area contributed by atoms with E-state index < -0.39 is 0 Å². The van der Waals surface area contributed by atoms with E-state index in [0.717, 1.165) is 22.5 Å². The number of aromatic nitrogens is 1. The van der Waals surface area contributed by atoms with Gasteiger partial charge in [0, 0.05) is 13.1 Å². The molecule has 3 aromatic rings. The monoisotopic (exact) mass is 381 g/mol. The first-order chi connectivity index (χ1) is 11.6. The molecule has 0 saturated heterocycles. The number of thiazole rings is 1. The number of furan rings is 1. The highest BCUT2D eigenvalue weighted by Crippen LogP contribution is 2.32. The predicted octanol–water partition coefficient (Wildman–Crippen LogP) is 3.53. The van der Waals surface area contributed by atoms with E-state index in [9.17, 15) is 4.79 Å². The number of ether oxygens (including phenoxy) is 1. The van der Waals surface area contributed by atoms with Gasteiger partial charge in [-0.2, -0.15) is 0 Å². The van der Waals surface area contributed by atoms with Crippen molar-refractivity contribution in [2.24, 2.45) is 0 Å². The number of amides is 1. The highest BCUT2D eigenvalue weighted by atomic mass is 35.5. The molecule has 0 aliphatic carbocycles. The summed E-state index contributed by atoms with van der Waals surface area (Å²) in [4.78, 5) is 21.1. The molecular formula is C17H20ClN3O3S. The number of hydrogen-bond acceptors (Lipinski definition) is 6. The third-order valence-corrected chi connectivity index (χ3v) is 4.60. The number of hydrogen-bond donors (Lipinski definition) is 0. The van der Waals surface area contributed by atoms with E-state index >= 15 is 0 Å². The smallest absolute Gasteiger partial charge is 0.295 e. The van der Waals surface area contributed by atoms with Crippen LogP contribution in [0, 0.1) is 0 Å². The van der Waals surface area contributed by atoms with Gasteiger partial charge in [0.15, 0.2) is 10.9 Å². The van der Waals surface area contributed by atoms with Gasteiger partial charge >= 0.3 is 0 Å². The lowest BCUT2D eigenvalue weighted by atomic mass is 10.3. The summed E-state index contributed by atoms with van der Waals surface area (Å²) < 4.78 is 11.5. The van der Waals surface area contributed by atoms with Crippen molar-refractivity contribution in [1.29, 1.82) is 0 Å². The Labute approximate surface area is 156 Å². The summed E-state index contributed by atoms with van der Waals surface area (Å²) in [5, 5.41) is 0.654. The molecule has 1 amide bonds. The van der Waals surface area contributed by atoms with Gasteiger partial charge in [0.25, 0.3) is 5.91 Å². The van der Waals surface area contributed by atoms with E-state index in [1.807, 2.05) is 37.2 Å². The van der Waals surface area contributed by atoms with Gasteiger partial charge in [0.05, 0.1) is 23.6 Å². The van der Waals surface area contributed by atoms with Crippen LogP contribution in [0.2, 0.25) is 0 Å². The minimum atomic E-state index is -0.187. The topological polar surface area (TPSA) is 58.8 Å². The minimum absolute atomic E-state index is 0. The van der Waals surface area contributed by atoms with Gasteiger partial charge in [0.1, 0.15) is 5.75 Å². The zero-order valence-corrected chi connectivity index (χ0v) is 15.9. The Balaban J connectivity index is 0.00000225. The predicted molar refractivity (Wildman–Crippen MR) is 102 cm³/mol. The summed E-state index contributed by atoms with van der Waals surface area (Å²) in [5.41, 5.74) is 0.845. The van der Waals surface area contributed by atoms with Gasteiger partial charge in [-0.3, -0.25) is 9.69 Å². The number of carbonyl (C=O) groups is 1. The first-order valence-corrected chi connectivity index (χ1v) is 8.35. The lowest BCUT2D eigenvalue weighted by molar-refractivity contribution is 0.0958. The SMILES string of the molecule is COc1ccc2nc(N(CCN(C)C)C(=O)c3ccco3)sc2c1.Cl. The highest BCUT2D eigenvalue weighted by molar-refractivity contribution is 7.22. The van der Waals surface area contributed by atoms with Gasteiger partial charge < -0.3 is 14.1 Å². The molecule has 0 radical (unpaired) electrons. The molecular weight excluding hydrogens is 362 g/mol. The van der Waals surface area contributed by atoms with Gasteiger partial charge in [-0.05, 0) is 44.4 Å². The van der Waals surface area contributed by atoms with E-state index in [2.05, 4.69) is 4.98 Å². The zero-order chi connectivity index (χ0) is 17.1. The molecule has 0 N–H and O–H groups in total. The number of nitrogens with zero attached hydrogens (tertiary/aromatic N) is 3. The van der Waals surface area contributed by atoms with Crippen LogP contribution in [0.3, 0.4) is 0 Å². The van der Waals surface area contributed by atoms with Crippen molar-refractivity contribution >= 4 is 45.0 Å². The van der Waals surface area contributed by atoms with Crippen molar-refractivity contribution in [2.75, 3.05) is 39.2 Å². The summed E-state index contributed by atoms with van der Waals surface area (Å²) in [5.74, 6) is 0.897. The van der Waals surface area contributed by atoms with E-state index in [1.165, 1.54) is 17.6 Å². The molecule has 0 atom stereocenters. The van der Waals surface area contributed by atoms with Crippen LogP contribution in [0.5, 0.6) is 5.75 Å². The summed E-state index contributed by atoms with van der Waals surface area (Å²) in [6.07, 6.45) is 1.50. The van der Waals surface area contributed by atoms with Crippen molar-refractivity contribution in [3.8, 4) is 5.75 Å². The van der Waals surface area contributed by atoms with E-state index in [-0.39, 0.29) is 18.3 Å². The molecule has 1 aromatic carbocycles. The molecule has 0 fully saturated rings. The molecule has 0 spiro atoms. The lowest BCUT2D eigenvalue weighted by Crippen LogP contribution is -2.36. The Kier molecular flexibility index (Phi) is 6.41. The second kappa shape index (κ2) is 8.33. The van der Waals surface area contributed by atoms with Crippen molar-refractivity contribution in [3.63, 3.8) is 0 Å². The molecule has 8 heteroatoms. The fraction of sp³-hybridized carbons (Fsp3) is 0.294. The highest BCUT2D eigenvalue weighted by Gasteiger charge is 2.23. The van der Waals surface area contributed by atoms with Crippen LogP contribution in [-0.4, -0.2) is 50.1 Å². The molecule has 3 rings (SSSR count). The maximum atomic E-state index is 12.8. The van der Waals surface area contributed by atoms with Crippen molar-refractivity contribution in [2.45, 2.75) is 0 Å². The van der Waals surface area contributed by atoms with Crippen molar-refractivity contribution in [3.05, 3.63) is 42.4 Å². The number of carbonyl (C=O) groups excluding carboxylic acids is 1. The Hall–Kier alpha value is -2.09. The van der Waals surface area contributed by atoms with Gasteiger partial charge in [0.2, 0.25) is 0 Å². The second-order valence-corrected chi connectivity index (χ2v) is 6.58. The molecule has 0 aliphatic rings. The second-order valence-electron chi connectivity index (χ2n) is 5.57. The van der Waals surface area contributed by atoms with E-state index in [0.29, 0.717) is 17.4 Å². The Morgan fingerprint density at radius 2 is 2.08 bits per heavy atom. The maximum absolute atomic E-state index is 12.8. The normalized spacial score (nSPS) is 10.7. The molecule has 134 valence electrons. The standard InChI is InChI=1S/C17H19N3O3S.ClH/c1-19(2)8-9-20(16(21)14-5-4-10-23-14)17-18-13-7-6-12(22-3)11-15(13)24-17;/h4-7,10-11H,8-9H2,1-3H3;1H. The van der Waals surface area contributed by atoms with Crippen LogP contribution in [0.4, 0.5) is 5.13 Å². The molecule has 2 aromatic heterocycles. The third kappa shape index (κ3) is 4.31. The van der Waals surface area contributed by atoms with Crippen LogP contribution in [0.25, 0.3) is 10.2 Å². The maximum Gasteiger partial charge on any atom is 0.295 e. The molecule has 6 nitrogen and oxygen atoms in total. The van der Waals surface area contributed by atoms with Crippen molar-refractivity contribution < 1.29 is 13.9 Å². The molecule has 0 aliphatic heterocycles. The summed E-state index contributed by atoms with van der Waals surface area (Å²) in [6.45, 7) is 1.26. The molecule has 0 bridgehead atoms. The summed E-state index contributed by atoms with van der Waals surface area (Å²) >= 11 is 1.47. The fourth-order valence-electron chi connectivity index (χ4n) is 2.25. The zero-order valence-electron chi connectivity index (χ0n) is 14.3. The van der Waals surface area contributed by atoms with E-state index in [4.69, 9.17) is 9.15 Å². The van der Waals surface area contributed by atoms with Gasteiger partial charge in [-0.15, -0.1) is 12.4 Å². The molecule has 25 heavy (non-hydrogen) atoms. The molecule has 0 unspecified atom stereocenters. The Morgan fingerprint density at radius 3 is 2.72 bits per heavy atom. The fourth-order valence-corrected chi connectivity index (χ4v) is 3.27. The average Bonchev–Trinajstić information content (AvgIpc) is 3.23. The van der Waals surface area contributed by atoms with Crippen LogP contribution in [-0.2, 0) is 0 Å². The lowest BCUT2D eigenvalue weighted by Gasteiger charge is -2.20. The molecule has 2 heterocycles. The summed E-state index contributed by atoms with van der Waals surface area (Å²) in [7, 11) is 5.57. The first kappa shape index (κ1) is 19.2. The minimum Gasteiger partial charge on any atom is -0.497 e. The Bertz CT molecular complexity index is 833. The first-order valence-electron chi connectivity index (χ1n) is 7.53. The average molecular weight is 382 g/mol. The number of halogens is 1. The molecule has 0 saturated carbocycles. The number of anilines is 1. The number of rotatable bonds is 6. The Morgan fingerprint density at radius 1 is 1.28 bits per heavy atom. The number of methoxy groups -OCH3 is 1. The van der Waals surface area contributed by atoms with Crippen molar-refractivity contribution in [1.82, 2.24) is 9.88 Å². The van der Waals surface area contributed by atoms with Crippen LogP contribution in [0.15, 0.2) is 41.0 Å². The number of likely N-dealkylation sites (N-methyl/N-ethyl adjacent to an activating group) is 1. The number of fused-ring (bicyclic) bond motifs is 1. The quantitative estimate of drug-likeness (QED) is 0.653. The van der Waals surface area contributed by atoms with Gasteiger partial charge in [-0.25, -0.2) is 4.98 Å². The third-order valence-electron chi connectivity index (χ3n) is 3.56. The number of benzene rings is 1.